The molecule has 1 aliphatic heterocycles. The van der Waals surface area contributed by atoms with Gasteiger partial charge in [0.05, 0.1) is 29.7 Å². The van der Waals surface area contributed by atoms with E-state index < -0.39 is 27.1 Å². The second-order valence-electron chi connectivity index (χ2n) is 8.86. The Morgan fingerprint density at radius 1 is 1.12 bits per heavy atom. The normalized spacial score (nSPS) is 22.6. The van der Waals surface area contributed by atoms with Crippen LogP contribution in [0.15, 0.2) is 53.4 Å². The summed E-state index contributed by atoms with van der Waals surface area (Å²) in [7, 11) is -1.23. The van der Waals surface area contributed by atoms with Crippen LogP contribution < -0.4 is 9.46 Å². The molecule has 0 aliphatic carbocycles. The SMILES string of the molecule is COc1ccc(C)cc1[C@@]1(C(=O)NS(=O)(=O)c2cccc3nc(C)ccc23)C[C@](C)(OC)CO1. The quantitative estimate of drug-likeness (QED) is 0.572. The molecule has 1 N–H and O–H groups in total. The highest BCUT2D eigenvalue weighted by molar-refractivity contribution is 7.90. The number of nitrogens with one attached hydrogen (secondary N) is 1. The molecule has 1 saturated heterocycles. The number of carbonyl (C=O) groups excluding carboxylic acids is 1. The number of nitrogens with zero attached hydrogens (tertiary/aromatic N) is 1. The number of benzene rings is 2. The molecule has 0 unspecified atom stereocenters. The van der Waals surface area contributed by atoms with Crippen LogP contribution in [-0.4, -0.2) is 45.7 Å². The second kappa shape index (κ2) is 8.65. The van der Waals surface area contributed by atoms with Gasteiger partial charge in [-0.1, -0.05) is 17.7 Å². The summed E-state index contributed by atoms with van der Waals surface area (Å²) in [6.45, 7) is 5.62. The van der Waals surface area contributed by atoms with Crippen LogP contribution >= 0.6 is 0 Å². The molecule has 2 aromatic carbocycles. The molecule has 1 aromatic heterocycles. The number of aryl methyl sites for hydroxylation is 2. The van der Waals surface area contributed by atoms with Crippen molar-refractivity contribution >= 4 is 26.8 Å². The largest absolute Gasteiger partial charge is 0.496 e. The summed E-state index contributed by atoms with van der Waals surface area (Å²) in [5, 5.41) is 0.421. The molecule has 3 aromatic rings. The summed E-state index contributed by atoms with van der Waals surface area (Å²) >= 11 is 0. The first kappa shape index (κ1) is 24.1. The van der Waals surface area contributed by atoms with Crippen LogP contribution in [0.1, 0.15) is 30.2 Å². The van der Waals surface area contributed by atoms with E-state index >= 15 is 0 Å². The van der Waals surface area contributed by atoms with E-state index in [9.17, 15) is 13.2 Å². The Balaban J connectivity index is 1.81. The molecular formula is C25H28N2O6S. The van der Waals surface area contributed by atoms with Crippen LogP contribution in [0.3, 0.4) is 0 Å². The highest BCUT2D eigenvalue weighted by atomic mass is 32.2. The number of sulfonamides is 1. The fourth-order valence-electron chi connectivity index (χ4n) is 4.34. The van der Waals surface area contributed by atoms with E-state index in [1.165, 1.54) is 20.3 Å². The molecule has 1 amide bonds. The van der Waals surface area contributed by atoms with Crippen LogP contribution in [-0.2, 0) is 29.9 Å². The molecular weight excluding hydrogens is 456 g/mol. The third-order valence-corrected chi connectivity index (χ3v) is 7.63. The van der Waals surface area contributed by atoms with Crippen LogP contribution in [0.2, 0.25) is 0 Å². The van der Waals surface area contributed by atoms with E-state index in [1.807, 2.05) is 26.8 Å². The minimum absolute atomic E-state index is 0.0373. The predicted octanol–water partition coefficient (Wildman–Crippen LogP) is 3.39. The first-order chi connectivity index (χ1) is 16.0. The average molecular weight is 485 g/mol. The maximum absolute atomic E-state index is 13.8. The zero-order valence-corrected chi connectivity index (χ0v) is 20.7. The number of carbonyl (C=O) groups is 1. The fraction of sp³-hybridized carbons (Fsp3) is 0.360. The van der Waals surface area contributed by atoms with Crippen molar-refractivity contribution in [2.75, 3.05) is 20.8 Å². The highest BCUT2D eigenvalue weighted by Crippen LogP contribution is 2.46. The highest BCUT2D eigenvalue weighted by Gasteiger charge is 2.55. The molecule has 34 heavy (non-hydrogen) atoms. The zero-order chi connectivity index (χ0) is 24.7. The number of fused-ring (bicyclic) bond motifs is 1. The van der Waals surface area contributed by atoms with E-state index in [1.54, 1.807) is 36.4 Å². The number of rotatable bonds is 6. The Bertz CT molecular complexity index is 1370. The Morgan fingerprint density at radius 3 is 2.56 bits per heavy atom. The minimum Gasteiger partial charge on any atom is -0.496 e. The van der Waals surface area contributed by atoms with E-state index in [0.717, 1.165) is 11.3 Å². The maximum atomic E-state index is 13.8. The molecule has 9 heteroatoms. The van der Waals surface area contributed by atoms with Crippen molar-refractivity contribution in [1.82, 2.24) is 9.71 Å². The summed E-state index contributed by atoms with van der Waals surface area (Å²) in [5.41, 5.74) is 0.171. The van der Waals surface area contributed by atoms with Crippen molar-refractivity contribution in [3.8, 4) is 5.75 Å². The summed E-state index contributed by atoms with van der Waals surface area (Å²) in [5.74, 6) is -0.391. The van der Waals surface area contributed by atoms with E-state index in [4.69, 9.17) is 14.2 Å². The molecule has 2 heterocycles. The lowest BCUT2D eigenvalue weighted by molar-refractivity contribution is -0.140. The minimum atomic E-state index is -4.26. The standard InChI is InChI=1S/C25H28N2O6S/c1-16-9-12-21(31-4)19(13-16)25(14-24(3,32-5)15-33-25)23(28)27-34(29,30)22-8-6-7-20-18(22)11-10-17(2)26-20/h6-13H,14-15H2,1-5H3,(H,27,28)/t24-,25+/m0/s1. The maximum Gasteiger partial charge on any atom is 0.270 e. The van der Waals surface area contributed by atoms with Gasteiger partial charge in [0, 0.05) is 30.2 Å². The number of aromatic nitrogens is 1. The molecule has 4 rings (SSSR count). The first-order valence-corrected chi connectivity index (χ1v) is 12.3. The van der Waals surface area contributed by atoms with Gasteiger partial charge in [-0.15, -0.1) is 0 Å². The van der Waals surface area contributed by atoms with Crippen molar-refractivity contribution in [3.63, 3.8) is 0 Å². The number of ether oxygens (including phenoxy) is 3. The van der Waals surface area contributed by atoms with Crippen molar-refractivity contribution < 1.29 is 27.4 Å². The fourth-order valence-corrected chi connectivity index (χ4v) is 5.58. The van der Waals surface area contributed by atoms with Gasteiger partial charge in [0.1, 0.15) is 5.75 Å². The predicted molar refractivity (Wildman–Crippen MR) is 127 cm³/mol. The molecule has 1 fully saturated rings. The van der Waals surface area contributed by atoms with Crippen molar-refractivity contribution in [3.05, 3.63) is 65.4 Å². The molecule has 0 bridgehead atoms. The number of amides is 1. The lowest BCUT2D eigenvalue weighted by Gasteiger charge is -2.30. The van der Waals surface area contributed by atoms with Gasteiger partial charge in [0.25, 0.3) is 15.9 Å². The van der Waals surface area contributed by atoms with Crippen molar-refractivity contribution in [1.29, 1.82) is 0 Å². The summed E-state index contributed by atoms with van der Waals surface area (Å²) in [6, 6.07) is 13.5. The number of methoxy groups -OCH3 is 2. The molecule has 0 saturated carbocycles. The van der Waals surface area contributed by atoms with Gasteiger partial charge in [0.15, 0.2) is 5.60 Å². The molecule has 0 spiro atoms. The van der Waals surface area contributed by atoms with Crippen LogP contribution in [0.5, 0.6) is 5.75 Å². The smallest absolute Gasteiger partial charge is 0.270 e. The molecule has 1 aliphatic rings. The van der Waals surface area contributed by atoms with Gasteiger partial charge >= 0.3 is 0 Å². The summed E-state index contributed by atoms with van der Waals surface area (Å²) in [4.78, 5) is 18.1. The lowest BCUT2D eigenvalue weighted by Crippen LogP contribution is -2.47. The van der Waals surface area contributed by atoms with Crippen molar-refractivity contribution in [2.45, 2.75) is 43.3 Å². The van der Waals surface area contributed by atoms with Crippen LogP contribution in [0.25, 0.3) is 10.9 Å². The monoisotopic (exact) mass is 484 g/mol. The number of hydrogen-bond acceptors (Lipinski definition) is 7. The second-order valence-corrected chi connectivity index (χ2v) is 10.5. The van der Waals surface area contributed by atoms with Gasteiger partial charge in [-0.05, 0) is 57.2 Å². The lowest BCUT2D eigenvalue weighted by atomic mass is 9.84. The Labute approximate surface area is 199 Å². The third-order valence-electron chi connectivity index (χ3n) is 6.24. The summed E-state index contributed by atoms with van der Waals surface area (Å²) < 4.78 is 46.4. The third kappa shape index (κ3) is 4.15. The van der Waals surface area contributed by atoms with Gasteiger partial charge in [0.2, 0.25) is 0 Å². The van der Waals surface area contributed by atoms with Gasteiger partial charge in [-0.3, -0.25) is 9.78 Å². The Hall–Kier alpha value is -3.01. The average Bonchev–Trinajstić information content (AvgIpc) is 3.17. The van der Waals surface area contributed by atoms with E-state index in [0.29, 0.717) is 22.2 Å². The Kier molecular flexibility index (Phi) is 6.14. The van der Waals surface area contributed by atoms with E-state index in [2.05, 4.69) is 9.71 Å². The molecule has 0 radical (unpaired) electrons. The Morgan fingerprint density at radius 2 is 1.88 bits per heavy atom. The number of pyridine rings is 1. The van der Waals surface area contributed by atoms with Crippen molar-refractivity contribution in [2.24, 2.45) is 0 Å². The van der Waals surface area contributed by atoms with Crippen LogP contribution in [0, 0.1) is 13.8 Å². The molecule has 8 nitrogen and oxygen atoms in total. The van der Waals surface area contributed by atoms with Gasteiger partial charge in [-0.2, -0.15) is 0 Å². The van der Waals surface area contributed by atoms with Gasteiger partial charge < -0.3 is 14.2 Å². The zero-order valence-electron chi connectivity index (χ0n) is 19.8. The van der Waals surface area contributed by atoms with Crippen LogP contribution in [0.4, 0.5) is 0 Å². The first-order valence-electron chi connectivity index (χ1n) is 10.8. The topological polar surface area (TPSA) is 104 Å². The van der Waals surface area contributed by atoms with Gasteiger partial charge in [-0.25, -0.2) is 13.1 Å². The molecule has 2 atom stereocenters. The molecule has 180 valence electrons. The summed E-state index contributed by atoms with van der Waals surface area (Å²) in [6.07, 6.45) is 0.105. The number of hydrogen-bond donors (Lipinski definition) is 1. The van der Waals surface area contributed by atoms with E-state index in [-0.39, 0.29) is 17.9 Å².